The number of hydrogen-bond donors (Lipinski definition) is 1. The topological polar surface area (TPSA) is 46.2 Å². The summed E-state index contributed by atoms with van der Waals surface area (Å²) in [5, 5.41) is 0. The minimum atomic E-state index is -3.82. The smallest absolute Gasteiger partial charge is 0.263 e. The maximum Gasteiger partial charge on any atom is 0.263 e. The van der Waals surface area contributed by atoms with Crippen molar-refractivity contribution in [3.05, 3.63) is 58.3 Å². The highest BCUT2D eigenvalue weighted by Gasteiger charge is 2.18. The Bertz CT molecular complexity index is 716. The molecule has 0 radical (unpaired) electrons. The lowest BCUT2D eigenvalue weighted by Crippen LogP contribution is -2.14. The summed E-state index contributed by atoms with van der Waals surface area (Å²) in [6.45, 7) is 1.76. The van der Waals surface area contributed by atoms with Gasteiger partial charge < -0.3 is 0 Å². The molecule has 0 aromatic heterocycles. The number of halogens is 2. The Morgan fingerprint density at radius 1 is 1.16 bits per heavy atom. The molecule has 0 atom stereocenters. The number of nitrogens with one attached hydrogen (secondary N) is 1. The molecule has 0 aliphatic carbocycles. The van der Waals surface area contributed by atoms with Crippen LogP contribution in [-0.2, 0) is 10.0 Å². The number of sulfonamides is 1. The molecule has 0 saturated carbocycles. The number of benzene rings is 2. The van der Waals surface area contributed by atoms with Crippen LogP contribution in [0.25, 0.3) is 0 Å². The second kappa shape index (κ2) is 5.30. The van der Waals surface area contributed by atoms with Crippen LogP contribution in [0.4, 0.5) is 10.1 Å². The fraction of sp³-hybridized carbons (Fsp3) is 0.0769. The second-order valence-electron chi connectivity index (χ2n) is 4.02. The Hall–Kier alpha value is -1.40. The van der Waals surface area contributed by atoms with Gasteiger partial charge >= 0.3 is 0 Å². The molecule has 6 heteroatoms. The maximum absolute atomic E-state index is 13.6. The summed E-state index contributed by atoms with van der Waals surface area (Å²) >= 11 is 3.17. The van der Waals surface area contributed by atoms with Crippen LogP contribution in [-0.4, -0.2) is 8.42 Å². The van der Waals surface area contributed by atoms with E-state index in [0.717, 1.165) is 5.56 Å². The van der Waals surface area contributed by atoms with Crippen LogP contribution in [0.2, 0.25) is 0 Å². The zero-order valence-electron chi connectivity index (χ0n) is 10.0. The van der Waals surface area contributed by atoms with E-state index in [1.54, 1.807) is 31.2 Å². The van der Waals surface area contributed by atoms with E-state index < -0.39 is 15.8 Å². The van der Waals surface area contributed by atoms with Gasteiger partial charge in [-0.3, -0.25) is 4.72 Å². The van der Waals surface area contributed by atoms with Crippen molar-refractivity contribution in [2.45, 2.75) is 11.8 Å². The Morgan fingerprint density at radius 3 is 2.53 bits per heavy atom. The van der Waals surface area contributed by atoms with E-state index in [4.69, 9.17) is 0 Å². The molecular formula is C13H11BrFNO2S. The van der Waals surface area contributed by atoms with Crippen molar-refractivity contribution in [3.63, 3.8) is 0 Å². The molecule has 0 aliphatic rings. The summed E-state index contributed by atoms with van der Waals surface area (Å²) in [5.41, 5.74) is 0.710. The lowest BCUT2D eigenvalue weighted by molar-refractivity contribution is 0.598. The summed E-state index contributed by atoms with van der Waals surface area (Å²) in [5.74, 6) is -0.610. The minimum absolute atomic E-state index is 0.0595. The van der Waals surface area contributed by atoms with Crippen molar-refractivity contribution in [1.82, 2.24) is 0 Å². The van der Waals surface area contributed by atoms with Crippen molar-refractivity contribution < 1.29 is 12.8 Å². The van der Waals surface area contributed by atoms with E-state index in [1.165, 1.54) is 18.2 Å². The molecule has 100 valence electrons. The van der Waals surface area contributed by atoms with Gasteiger partial charge in [0.15, 0.2) is 0 Å². The zero-order chi connectivity index (χ0) is 14.0. The van der Waals surface area contributed by atoms with Gasteiger partial charge in [-0.2, -0.15) is 0 Å². The summed E-state index contributed by atoms with van der Waals surface area (Å²) in [4.78, 5) is 0.0657. The van der Waals surface area contributed by atoms with Gasteiger partial charge in [-0.1, -0.05) is 18.2 Å². The molecule has 2 rings (SSSR count). The summed E-state index contributed by atoms with van der Waals surface area (Å²) in [6.07, 6.45) is 0. The van der Waals surface area contributed by atoms with Crippen LogP contribution in [0.3, 0.4) is 0 Å². The van der Waals surface area contributed by atoms with E-state index in [0.29, 0.717) is 4.47 Å². The largest absolute Gasteiger partial charge is 0.277 e. The van der Waals surface area contributed by atoms with Crippen LogP contribution in [0.1, 0.15) is 5.56 Å². The van der Waals surface area contributed by atoms with Gasteiger partial charge in [0.2, 0.25) is 0 Å². The van der Waals surface area contributed by atoms with Gasteiger partial charge in [0.1, 0.15) is 10.7 Å². The van der Waals surface area contributed by atoms with Gasteiger partial charge in [0.25, 0.3) is 10.0 Å². The third-order valence-corrected chi connectivity index (χ3v) is 4.87. The average molecular weight is 344 g/mol. The first-order valence-electron chi connectivity index (χ1n) is 5.43. The first-order valence-corrected chi connectivity index (χ1v) is 7.71. The summed E-state index contributed by atoms with van der Waals surface area (Å²) in [6, 6.07) is 10.6. The van der Waals surface area contributed by atoms with Crippen molar-refractivity contribution in [1.29, 1.82) is 0 Å². The minimum Gasteiger partial charge on any atom is -0.277 e. The zero-order valence-corrected chi connectivity index (χ0v) is 12.4. The number of hydrogen-bond acceptors (Lipinski definition) is 2. The maximum atomic E-state index is 13.6. The summed E-state index contributed by atoms with van der Waals surface area (Å²) in [7, 11) is -3.82. The van der Waals surface area contributed by atoms with Gasteiger partial charge in [-0.25, -0.2) is 12.8 Å². The van der Waals surface area contributed by atoms with Crippen molar-refractivity contribution in [3.8, 4) is 0 Å². The van der Waals surface area contributed by atoms with E-state index in [-0.39, 0.29) is 10.6 Å². The molecule has 0 amide bonds. The molecule has 0 aliphatic heterocycles. The molecule has 0 fully saturated rings. The molecule has 0 spiro atoms. The Morgan fingerprint density at radius 2 is 1.84 bits per heavy atom. The van der Waals surface area contributed by atoms with Gasteiger partial charge in [0, 0.05) is 4.47 Å². The van der Waals surface area contributed by atoms with E-state index in [2.05, 4.69) is 20.7 Å². The van der Waals surface area contributed by atoms with Crippen LogP contribution >= 0.6 is 15.9 Å². The Kier molecular flexibility index (Phi) is 3.91. The van der Waals surface area contributed by atoms with Crippen LogP contribution < -0.4 is 4.72 Å². The fourth-order valence-corrected chi connectivity index (χ4v) is 3.64. The normalized spacial score (nSPS) is 11.3. The predicted molar refractivity (Wildman–Crippen MR) is 76.1 cm³/mol. The van der Waals surface area contributed by atoms with E-state index in [9.17, 15) is 12.8 Å². The molecule has 19 heavy (non-hydrogen) atoms. The first-order chi connectivity index (χ1) is 8.90. The Labute approximate surface area is 119 Å². The molecular weight excluding hydrogens is 333 g/mol. The van der Waals surface area contributed by atoms with Crippen LogP contribution in [0.15, 0.2) is 51.8 Å². The quantitative estimate of drug-likeness (QED) is 0.923. The highest BCUT2D eigenvalue weighted by Crippen LogP contribution is 2.25. The standard InChI is InChI=1S/C13H11BrFNO2S/c1-9-6-7-11(15)12(8-9)16-19(17,18)13-5-3-2-4-10(13)14/h2-8,16H,1H3. The fourth-order valence-electron chi connectivity index (χ4n) is 1.58. The number of aryl methyl sites for hydroxylation is 1. The third-order valence-electron chi connectivity index (χ3n) is 2.49. The third kappa shape index (κ3) is 3.13. The molecule has 0 saturated heterocycles. The lowest BCUT2D eigenvalue weighted by Gasteiger charge is -2.10. The van der Waals surface area contributed by atoms with Gasteiger partial charge in [-0.15, -0.1) is 0 Å². The SMILES string of the molecule is Cc1ccc(F)c(NS(=O)(=O)c2ccccc2Br)c1. The molecule has 0 unspecified atom stereocenters. The van der Waals surface area contributed by atoms with E-state index in [1.807, 2.05) is 0 Å². The summed E-state index contributed by atoms with van der Waals surface area (Å²) < 4.78 is 40.6. The monoisotopic (exact) mass is 343 g/mol. The predicted octanol–water partition coefficient (Wildman–Crippen LogP) is 3.70. The molecule has 1 N–H and O–H groups in total. The molecule has 3 nitrogen and oxygen atoms in total. The van der Waals surface area contributed by atoms with Crippen LogP contribution in [0.5, 0.6) is 0 Å². The molecule has 0 bridgehead atoms. The Balaban J connectivity index is 2.43. The molecule has 2 aromatic carbocycles. The highest BCUT2D eigenvalue weighted by atomic mass is 79.9. The van der Waals surface area contributed by atoms with Crippen LogP contribution in [0, 0.1) is 12.7 Å². The molecule has 2 aromatic rings. The van der Waals surface area contributed by atoms with Crippen molar-refractivity contribution >= 4 is 31.6 Å². The first kappa shape index (κ1) is 14.0. The molecule has 0 heterocycles. The van der Waals surface area contributed by atoms with Gasteiger partial charge in [-0.05, 0) is 52.7 Å². The van der Waals surface area contributed by atoms with Crippen molar-refractivity contribution in [2.75, 3.05) is 4.72 Å². The van der Waals surface area contributed by atoms with Gasteiger partial charge in [0.05, 0.1) is 5.69 Å². The number of rotatable bonds is 3. The highest BCUT2D eigenvalue weighted by molar-refractivity contribution is 9.10. The van der Waals surface area contributed by atoms with E-state index >= 15 is 0 Å². The second-order valence-corrected chi connectivity index (χ2v) is 6.52. The van der Waals surface area contributed by atoms with Crippen molar-refractivity contribution in [2.24, 2.45) is 0 Å². The number of anilines is 1. The lowest BCUT2D eigenvalue weighted by atomic mass is 10.2. The average Bonchev–Trinajstić information content (AvgIpc) is 2.34.